The lowest BCUT2D eigenvalue weighted by Crippen LogP contribution is -2.42. The smallest absolute Gasteiger partial charge is 0.264 e. The first kappa shape index (κ1) is 15.4. The highest BCUT2D eigenvalue weighted by Crippen LogP contribution is 2.18. The van der Waals surface area contributed by atoms with E-state index in [1.807, 2.05) is 4.72 Å². The Balaban J connectivity index is 2.20. The second kappa shape index (κ2) is 6.17. The molecule has 7 heteroatoms. The van der Waals surface area contributed by atoms with Crippen LogP contribution in [0.2, 0.25) is 0 Å². The fourth-order valence-electron chi connectivity index (χ4n) is 2.21. The minimum Gasteiger partial charge on any atom is -0.298 e. The summed E-state index contributed by atoms with van der Waals surface area (Å²) in [6.45, 7) is 0. The van der Waals surface area contributed by atoms with Gasteiger partial charge in [0.25, 0.3) is 15.9 Å². The normalized spacial score (nSPS) is 17.3. The zero-order valence-electron chi connectivity index (χ0n) is 11.2. The van der Waals surface area contributed by atoms with Gasteiger partial charge in [0, 0.05) is 12.8 Å². The highest BCUT2D eigenvalue weighted by molar-refractivity contribution is 7.90. The molecule has 0 bridgehead atoms. The second-order valence-corrected chi connectivity index (χ2v) is 6.54. The van der Waals surface area contributed by atoms with Crippen molar-refractivity contribution in [1.82, 2.24) is 4.72 Å². The Morgan fingerprint density at radius 2 is 1.52 bits per heavy atom. The van der Waals surface area contributed by atoms with Crippen LogP contribution in [0.4, 0.5) is 0 Å². The summed E-state index contributed by atoms with van der Waals surface area (Å²) in [6, 6.07) is 7.32. The molecule has 0 heterocycles. The average molecular weight is 309 g/mol. The number of Topliss-reactive ketones (excluding diaryl/α,β-unsaturated/α-hetero) is 2. The molecule has 1 aromatic rings. The molecule has 6 nitrogen and oxygen atoms in total. The van der Waals surface area contributed by atoms with Crippen LogP contribution < -0.4 is 4.72 Å². The molecule has 1 saturated carbocycles. The van der Waals surface area contributed by atoms with Crippen molar-refractivity contribution in [3.8, 4) is 0 Å². The van der Waals surface area contributed by atoms with E-state index in [0.29, 0.717) is 12.8 Å². The quantitative estimate of drug-likeness (QED) is 0.658. The molecule has 0 radical (unpaired) electrons. The Bertz CT molecular complexity index is 648. The summed E-state index contributed by atoms with van der Waals surface area (Å²) >= 11 is 0. The van der Waals surface area contributed by atoms with Gasteiger partial charge in [-0.1, -0.05) is 18.2 Å². The van der Waals surface area contributed by atoms with Crippen LogP contribution in [0.5, 0.6) is 0 Å². The minimum absolute atomic E-state index is 0.0909. The third kappa shape index (κ3) is 3.55. The number of ketones is 2. The van der Waals surface area contributed by atoms with E-state index in [1.54, 1.807) is 6.07 Å². The van der Waals surface area contributed by atoms with Crippen molar-refractivity contribution in [2.45, 2.75) is 30.6 Å². The summed E-state index contributed by atoms with van der Waals surface area (Å²) in [5, 5.41) is 0. The van der Waals surface area contributed by atoms with Crippen LogP contribution in [0.25, 0.3) is 0 Å². The maximum atomic E-state index is 12.0. The predicted molar refractivity (Wildman–Crippen MR) is 73.7 cm³/mol. The summed E-state index contributed by atoms with van der Waals surface area (Å²) in [5.41, 5.74) is 0. The molecular formula is C14H15NO5S. The molecule has 0 atom stereocenters. The number of rotatable bonds is 3. The number of carbonyl (C=O) groups excluding carboxylic acids is 3. The van der Waals surface area contributed by atoms with Gasteiger partial charge < -0.3 is 0 Å². The number of nitrogens with one attached hydrogen (secondary N) is 1. The number of hydrogen-bond donors (Lipinski definition) is 1. The minimum atomic E-state index is -4.07. The molecule has 0 saturated heterocycles. The summed E-state index contributed by atoms with van der Waals surface area (Å²) in [5.74, 6) is -3.60. The van der Waals surface area contributed by atoms with E-state index in [9.17, 15) is 22.8 Å². The topological polar surface area (TPSA) is 97.4 Å². The van der Waals surface area contributed by atoms with E-state index in [1.165, 1.54) is 24.3 Å². The summed E-state index contributed by atoms with van der Waals surface area (Å²) in [7, 11) is -4.07. The molecule has 1 amide bonds. The number of carbonyl (C=O) groups is 3. The van der Waals surface area contributed by atoms with Gasteiger partial charge in [-0.2, -0.15) is 0 Å². The van der Waals surface area contributed by atoms with E-state index in [-0.39, 0.29) is 17.7 Å². The molecule has 0 aliphatic heterocycles. The largest absolute Gasteiger partial charge is 0.298 e. The van der Waals surface area contributed by atoms with Crippen molar-refractivity contribution in [2.75, 3.05) is 0 Å². The first-order valence-corrected chi connectivity index (χ1v) is 8.07. The third-order valence-corrected chi connectivity index (χ3v) is 4.65. The number of hydrogen-bond acceptors (Lipinski definition) is 5. The van der Waals surface area contributed by atoms with E-state index in [0.717, 1.165) is 0 Å². The Kier molecular flexibility index (Phi) is 4.52. The molecule has 1 fully saturated rings. The standard InChI is InChI=1S/C14H15NO5S/c16-11-8-4-5-9-12(17)13(11)14(18)15-21(19,20)10-6-2-1-3-7-10/h1-3,6-7,13H,4-5,8-9H2,(H,15,18). The lowest BCUT2D eigenvalue weighted by molar-refractivity contribution is -0.139. The fraction of sp³-hybridized carbons (Fsp3) is 0.357. The predicted octanol–water partition coefficient (Wildman–Crippen LogP) is 0.820. The van der Waals surface area contributed by atoms with Gasteiger partial charge in [-0.15, -0.1) is 0 Å². The maximum absolute atomic E-state index is 12.0. The first-order valence-electron chi connectivity index (χ1n) is 6.59. The molecule has 21 heavy (non-hydrogen) atoms. The molecule has 0 unspecified atom stereocenters. The van der Waals surface area contributed by atoms with E-state index >= 15 is 0 Å². The van der Waals surface area contributed by atoms with Crippen LogP contribution in [0, 0.1) is 5.92 Å². The first-order chi connectivity index (χ1) is 9.92. The Labute approximate surface area is 122 Å². The molecule has 1 aliphatic rings. The van der Waals surface area contributed by atoms with E-state index in [2.05, 4.69) is 0 Å². The lowest BCUT2D eigenvalue weighted by Gasteiger charge is -2.12. The average Bonchev–Trinajstić information content (AvgIpc) is 2.60. The van der Waals surface area contributed by atoms with Gasteiger partial charge in [0.2, 0.25) is 0 Å². The van der Waals surface area contributed by atoms with Crippen LogP contribution in [0.3, 0.4) is 0 Å². The Morgan fingerprint density at radius 1 is 1.00 bits per heavy atom. The molecule has 2 rings (SSSR count). The SMILES string of the molecule is O=C1CCCCC(=O)C1C(=O)NS(=O)(=O)c1ccccc1. The van der Waals surface area contributed by atoms with E-state index < -0.39 is 33.4 Å². The van der Waals surface area contributed by atoms with Crippen molar-refractivity contribution >= 4 is 27.5 Å². The van der Waals surface area contributed by atoms with Gasteiger partial charge in [0.05, 0.1) is 4.90 Å². The Morgan fingerprint density at radius 3 is 2.05 bits per heavy atom. The van der Waals surface area contributed by atoms with Crippen LogP contribution in [0.1, 0.15) is 25.7 Å². The zero-order valence-corrected chi connectivity index (χ0v) is 12.1. The van der Waals surface area contributed by atoms with Crippen molar-refractivity contribution in [3.63, 3.8) is 0 Å². The number of sulfonamides is 1. The van der Waals surface area contributed by atoms with Gasteiger partial charge >= 0.3 is 0 Å². The molecule has 0 spiro atoms. The van der Waals surface area contributed by atoms with Crippen molar-refractivity contribution in [3.05, 3.63) is 30.3 Å². The van der Waals surface area contributed by atoms with Crippen LogP contribution in [-0.4, -0.2) is 25.9 Å². The molecule has 1 aliphatic carbocycles. The zero-order chi connectivity index (χ0) is 15.5. The molecule has 1 N–H and O–H groups in total. The highest BCUT2D eigenvalue weighted by atomic mass is 32.2. The summed E-state index contributed by atoms with van der Waals surface area (Å²) < 4.78 is 25.9. The molecule has 112 valence electrons. The number of amides is 1. The Hall–Kier alpha value is -2.02. The summed E-state index contributed by atoms with van der Waals surface area (Å²) in [4.78, 5) is 35.6. The third-order valence-electron chi connectivity index (χ3n) is 3.29. The van der Waals surface area contributed by atoms with Crippen molar-refractivity contribution in [2.24, 2.45) is 5.92 Å². The van der Waals surface area contributed by atoms with Crippen molar-refractivity contribution < 1.29 is 22.8 Å². The van der Waals surface area contributed by atoms with Crippen molar-refractivity contribution in [1.29, 1.82) is 0 Å². The van der Waals surface area contributed by atoms with E-state index in [4.69, 9.17) is 0 Å². The summed E-state index contributed by atoms with van der Waals surface area (Å²) in [6.07, 6.45) is 1.32. The highest BCUT2D eigenvalue weighted by Gasteiger charge is 2.36. The number of benzene rings is 1. The van der Waals surface area contributed by atoms with Gasteiger partial charge in [-0.05, 0) is 25.0 Å². The van der Waals surface area contributed by atoms with Gasteiger partial charge in [0.15, 0.2) is 17.5 Å². The maximum Gasteiger partial charge on any atom is 0.264 e. The molecule has 1 aromatic carbocycles. The van der Waals surface area contributed by atoms with Gasteiger partial charge in [-0.3, -0.25) is 14.4 Å². The second-order valence-electron chi connectivity index (χ2n) is 4.86. The monoisotopic (exact) mass is 309 g/mol. The lowest BCUT2D eigenvalue weighted by atomic mass is 9.97. The molecule has 0 aromatic heterocycles. The van der Waals surface area contributed by atoms with Gasteiger partial charge in [0.1, 0.15) is 0 Å². The van der Waals surface area contributed by atoms with Gasteiger partial charge in [-0.25, -0.2) is 13.1 Å². The van der Waals surface area contributed by atoms with Crippen LogP contribution in [0.15, 0.2) is 35.2 Å². The van der Waals surface area contributed by atoms with Crippen LogP contribution >= 0.6 is 0 Å². The molecular weight excluding hydrogens is 294 g/mol. The van der Waals surface area contributed by atoms with Crippen LogP contribution in [-0.2, 0) is 24.4 Å². The fourth-order valence-corrected chi connectivity index (χ4v) is 3.23.